The van der Waals surface area contributed by atoms with E-state index in [-0.39, 0.29) is 0 Å². The molecule has 1 saturated carbocycles. The summed E-state index contributed by atoms with van der Waals surface area (Å²) in [6, 6.07) is 6.74. The maximum Gasteiger partial charge on any atom is 0.0637 e. The first-order valence-electron chi connectivity index (χ1n) is 9.19. The molecule has 2 saturated heterocycles. The normalized spacial score (nSPS) is 32.0. The van der Waals surface area contributed by atoms with E-state index in [0.717, 1.165) is 61.3 Å². The van der Waals surface area contributed by atoms with E-state index in [1.165, 1.54) is 32.4 Å². The fraction of sp³-hybridized carbons (Fsp3) is 0.684. The maximum absolute atomic E-state index is 6.40. The van der Waals surface area contributed by atoms with Crippen molar-refractivity contribution in [3.8, 4) is 0 Å². The lowest BCUT2D eigenvalue weighted by Crippen LogP contribution is -2.59. The Balaban J connectivity index is 1.46. The quantitative estimate of drug-likeness (QED) is 0.803. The Morgan fingerprint density at radius 3 is 2.46 bits per heavy atom. The first-order chi connectivity index (χ1) is 11.7. The highest BCUT2D eigenvalue weighted by Gasteiger charge is 2.42. The molecule has 24 heavy (non-hydrogen) atoms. The minimum atomic E-state index is 0.664. The van der Waals surface area contributed by atoms with Gasteiger partial charge in [-0.3, -0.25) is 9.80 Å². The molecule has 3 fully saturated rings. The van der Waals surface area contributed by atoms with Crippen LogP contribution in [-0.2, 0) is 11.3 Å². The molecule has 132 valence electrons. The largest absolute Gasteiger partial charge is 0.379 e. The van der Waals surface area contributed by atoms with Crippen molar-refractivity contribution in [3.05, 3.63) is 33.8 Å². The molecule has 2 bridgehead atoms. The zero-order chi connectivity index (χ0) is 16.5. The molecule has 2 atom stereocenters. The van der Waals surface area contributed by atoms with Gasteiger partial charge in [-0.05, 0) is 36.3 Å². The molecular weight excluding hydrogens is 343 g/mol. The number of rotatable bonds is 3. The Morgan fingerprint density at radius 1 is 1.04 bits per heavy atom. The third-order valence-corrected chi connectivity index (χ3v) is 6.85. The average Bonchev–Trinajstić information content (AvgIpc) is 2.59. The van der Waals surface area contributed by atoms with Gasteiger partial charge >= 0.3 is 0 Å². The number of halogens is 2. The van der Waals surface area contributed by atoms with Gasteiger partial charge in [-0.1, -0.05) is 41.8 Å². The number of piperidine rings is 1. The van der Waals surface area contributed by atoms with Crippen LogP contribution in [0.1, 0.15) is 24.8 Å². The Kier molecular flexibility index (Phi) is 5.35. The molecule has 1 aromatic carbocycles. The monoisotopic (exact) mass is 368 g/mol. The van der Waals surface area contributed by atoms with Crippen molar-refractivity contribution in [1.29, 1.82) is 0 Å². The second kappa shape index (κ2) is 7.51. The van der Waals surface area contributed by atoms with Gasteiger partial charge in [0, 0.05) is 38.8 Å². The van der Waals surface area contributed by atoms with Crippen molar-refractivity contribution in [2.45, 2.75) is 31.8 Å². The number of likely N-dealkylation sites (tertiary alicyclic amines) is 1. The topological polar surface area (TPSA) is 15.7 Å². The molecule has 5 heteroatoms. The van der Waals surface area contributed by atoms with Crippen LogP contribution in [0.25, 0.3) is 0 Å². The fourth-order valence-corrected chi connectivity index (χ4v) is 5.40. The van der Waals surface area contributed by atoms with Gasteiger partial charge < -0.3 is 4.74 Å². The Labute approximate surface area is 154 Å². The highest BCUT2D eigenvalue weighted by molar-refractivity contribution is 6.42. The third-order valence-electron chi connectivity index (χ3n) is 5.99. The van der Waals surface area contributed by atoms with Gasteiger partial charge in [-0.15, -0.1) is 0 Å². The molecule has 0 spiro atoms. The summed E-state index contributed by atoms with van der Waals surface area (Å²) in [7, 11) is 0. The van der Waals surface area contributed by atoms with E-state index in [1.54, 1.807) is 0 Å². The van der Waals surface area contributed by atoms with E-state index in [0.29, 0.717) is 5.02 Å². The van der Waals surface area contributed by atoms with Gasteiger partial charge in [0.1, 0.15) is 0 Å². The number of fused-ring (bicyclic) bond motifs is 2. The molecule has 0 N–H and O–H groups in total. The molecule has 0 amide bonds. The number of hydrogen-bond acceptors (Lipinski definition) is 3. The van der Waals surface area contributed by atoms with E-state index in [2.05, 4.69) is 15.9 Å². The van der Waals surface area contributed by atoms with Crippen LogP contribution >= 0.6 is 23.2 Å². The van der Waals surface area contributed by atoms with Gasteiger partial charge in [0.2, 0.25) is 0 Å². The summed E-state index contributed by atoms with van der Waals surface area (Å²) in [5.74, 6) is 1.57. The SMILES string of the molecule is Clc1cccc(CN2CC3CCCC(C2)C3N2CCOCC2)c1Cl. The summed E-state index contributed by atoms with van der Waals surface area (Å²) < 4.78 is 5.56. The molecule has 2 aliphatic heterocycles. The van der Waals surface area contributed by atoms with Crippen LogP contribution in [0, 0.1) is 11.8 Å². The first-order valence-corrected chi connectivity index (χ1v) is 9.95. The highest BCUT2D eigenvalue weighted by atomic mass is 35.5. The molecule has 0 aromatic heterocycles. The summed E-state index contributed by atoms with van der Waals surface area (Å²) in [4.78, 5) is 5.31. The van der Waals surface area contributed by atoms with E-state index < -0.39 is 0 Å². The smallest absolute Gasteiger partial charge is 0.0637 e. The lowest BCUT2D eigenvalue weighted by atomic mass is 9.72. The number of ether oxygens (including phenoxy) is 1. The second-order valence-corrected chi connectivity index (χ2v) is 8.28. The van der Waals surface area contributed by atoms with Gasteiger partial charge in [-0.25, -0.2) is 0 Å². The molecule has 2 heterocycles. The summed E-state index contributed by atoms with van der Waals surface area (Å²) >= 11 is 12.6. The summed E-state index contributed by atoms with van der Waals surface area (Å²) in [6.45, 7) is 7.30. The summed E-state index contributed by atoms with van der Waals surface area (Å²) in [5.41, 5.74) is 1.16. The predicted molar refractivity (Wildman–Crippen MR) is 98.8 cm³/mol. The lowest BCUT2D eigenvalue weighted by molar-refractivity contribution is -0.0623. The van der Waals surface area contributed by atoms with E-state index in [1.807, 2.05) is 12.1 Å². The number of benzene rings is 1. The molecule has 2 unspecified atom stereocenters. The minimum absolute atomic E-state index is 0.664. The van der Waals surface area contributed by atoms with E-state index >= 15 is 0 Å². The third kappa shape index (κ3) is 3.47. The van der Waals surface area contributed by atoms with Crippen molar-refractivity contribution in [2.24, 2.45) is 11.8 Å². The second-order valence-electron chi connectivity index (χ2n) is 7.50. The zero-order valence-electron chi connectivity index (χ0n) is 14.1. The van der Waals surface area contributed by atoms with Crippen molar-refractivity contribution in [3.63, 3.8) is 0 Å². The van der Waals surface area contributed by atoms with Crippen LogP contribution in [0.3, 0.4) is 0 Å². The van der Waals surface area contributed by atoms with Gasteiger partial charge in [0.15, 0.2) is 0 Å². The van der Waals surface area contributed by atoms with Crippen LogP contribution in [0.15, 0.2) is 18.2 Å². The summed E-state index contributed by atoms with van der Waals surface area (Å²) in [6.07, 6.45) is 4.11. The Morgan fingerprint density at radius 2 is 1.75 bits per heavy atom. The van der Waals surface area contributed by atoms with Crippen LogP contribution < -0.4 is 0 Å². The van der Waals surface area contributed by atoms with Crippen LogP contribution in [0.2, 0.25) is 10.0 Å². The molecule has 1 aliphatic carbocycles. The van der Waals surface area contributed by atoms with Crippen LogP contribution in [0.4, 0.5) is 0 Å². The van der Waals surface area contributed by atoms with E-state index in [9.17, 15) is 0 Å². The van der Waals surface area contributed by atoms with Crippen LogP contribution in [0.5, 0.6) is 0 Å². The van der Waals surface area contributed by atoms with Gasteiger partial charge in [0.25, 0.3) is 0 Å². The van der Waals surface area contributed by atoms with Crippen molar-refractivity contribution >= 4 is 23.2 Å². The molecule has 3 nitrogen and oxygen atoms in total. The Bertz CT molecular complexity index is 562. The highest BCUT2D eigenvalue weighted by Crippen LogP contribution is 2.39. The van der Waals surface area contributed by atoms with Crippen molar-refractivity contribution in [2.75, 3.05) is 39.4 Å². The summed E-state index contributed by atoms with van der Waals surface area (Å²) in [5, 5.41) is 1.39. The molecule has 4 rings (SSSR count). The molecule has 1 aromatic rings. The molecule has 0 radical (unpaired) electrons. The van der Waals surface area contributed by atoms with E-state index in [4.69, 9.17) is 27.9 Å². The maximum atomic E-state index is 6.40. The zero-order valence-corrected chi connectivity index (χ0v) is 15.6. The molecule has 3 aliphatic rings. The molecular formula is C19H26Cl2N2O. The van der Waals surface area contributed by atoms with Gasteiger partial charge in [-0.2, -0.15) is 0 Å². The first kappa shape index (κ1) is 17.1. The van der Waals surface area contributed by atoms with Crippen molar-refractivity contribution < 1.29 is 4.74 Å². The Hall–Kier alpha value is -0.320. The number of morpholine rings is 1. The van der Waals surface area contributed by atoms with Crippen molar-refractivity contribution in [1.82, 2.24) is 9.80 Å². The predicted octanol–water partition coefficient (Wildman–Crippen LogP) is 3.93. The standard InChI is InChI=1S/C19H26Cl2N2O/c20-17-6-2-3-14(18(17)21)11-22-12-15-4-1-5-16(13-22)19(15)23-7-9-24-10-8-23/h2-3,6,15-16,19H,1,4-5,7-13H2. The minimum Gasteiger partial charge on any atom is -0.379 e. The number of hydrogen-bond donors (Lipinski definition) is 0. The van der Waals surface area contributed by atoms with Crippen LogP contribution in [-0.4, -0.2) is 55.2 Å². The average molecular weight is 369 g/mol. The lowest BCUT2D eigenvalue weighted by Gasteiger charge is -2.52. The number of nitrogens with zero attached hydrogens (tertiary/aromatic N) is 2. The van der Waals surface area contributed by atoms with Gasteiger partial charge in [0.05, 0.1) is 23.3 Å². The fourth-order valence-electron chi connectivity index (χ4n) is 5.02.